The van der Waals surface area contributed by atoms with Crippen LogP contribution in [0.5, 0.6) is 5.75 Å². The van der Waals surface area contributed by atoms with E-state index in [1.54, 1.807) is 7.11 Å². The molecule has 176 valence electrons. The number of methoxy groups -OCH3 is 1. The monoisotopic (exact) mass is 478 g/mol. The van der Waals surface area contributed by atoms with Crippen LogP contribution in [0, 0.1) is 25.2 Å². The van der Waals surface area contributed by atoms with E-state index in [4.69, 9.17) is 9.47 Å². The second-order valence-electron chi connectivity index (χ2n) is 7.54. The number of ether oxygens (including phenoxy) is 2. The highest BCUT2D eigenvalue weighted by Crippen LogP contribution is 2.26. The third kappa shape index (κ3) is 5.91. The first-order valence-electron chi connectivity index (χ1n) is 10.7. The molecule has 0 radical (unpaired) electrons. The average Bonchev–Trinajstić information content (AvgIpc) is 3.41. The number of amides is 1. The van der Waals surface area contributed by atoms with Crippen molar-refractivity contribution in [2.24, 2.45) is 0 Å². The van der Waals surface area contributed by atoms with Gasteiger partial charge in [0, 0.05) is 28.9 Å². The van der Waals surface area contributed by atoms with Gasteiger partial charge in [-0.1, -0.05) is 6.92 Å². The number of hydrogen-bond donors (Lipinski definition) is 1. The molecule has 0 aliphatic rings. The van der Waals surface area contributed by atoms with Gasteiger partial charge in [-0.25, -0.2) is 9.78 Å². The number of hydrogen-bond acceptors (Lipinski definition) is 7. The topological polar surface area (TPSA) is 106 Å². The quantitative estimate of drug-likeness (QED) is 0.271. The van der Waals surface area contributed by atoms with Gasteiger partial charge in [0.15, 0.2) is 11.7 Å². The van der Waals surface area contributed by atoms with Gasteiger partial charge in [0.1, 0.15) is 17.4 Å². The number of nitriles is 1. The molecule has 0 aliphatic carbocycles. The summed E-state index contributed by atoms with van der Waals surface area (Å²) in [5, 5.41) is 14.2. The smallest absolute Gasteiger partial charge is 0.349 e. The molecular formula is C25H26N4O4S. The zero-order valence-corrected chi connectivity index (χ0v) is 20.4. The molecule has 1 aromatic carbocycles. The molecule has 3 rings (SSSR count). The minimum atomic E-state index is -0.851. The molecular weight excluding hydrogens is 452 g/mol. The number of carbonyl (C=O) groups excluding carboxylic acids is 2. The number of esters is 1. The Morgan fingerprint density at radius 1 is 1.26 bits per heavy atom. The van der Waals surface area contributed by atoms with Crippen molar-refractivity contribution in [3.05, 3.63) is 58.2 Å². The van der Waals surface area contributed by atoms with Crippen LogP contribution in [0.4, 0.5) is 5.13 Å². The van der Waals surface area contributed by atoms with E-state index in [9.17, 15) is 14.9 Å². The van der Waals surface area contributed by atoms with Crippen molar-refractivity contribution in [1.82, 2.24) is 9.55 Å². The van der Waals surface area contributed by atoms with E-state index < -0.39 is 18.5 Å². The van der Waals surface area contributed by atoms with Crippen molar-refractivity contribution in [2.75, 3.05) is 19.0 Å². The highest BCUT2D eigenvalue weighted by Gasteiger charge is 2.16. The summed E-state index contributed by atoms with van der Waals surface area (Å²) in [6, 6.07) is 11.2. The fourth-order valence-corrected chi connectivity index (χ4v) is 4.16. The van der Waals surface area contributed by atoms with Gasteiger partial charge in [-0.2, -0.15) is 5.26 Å². The summed E-state index contributed by atoms with van der Waals surface area (Å²) >= 11 is 1.26. The zero-order chi connectivity index (χ0) is 24.7. The Balaban J connectivity index is 1.59. The second kappa shape index (κ2) is 11.3. The molecule has 3 aromatic rings. The third-order valence-corrected chi connectivity index (χ3v) is 5.93. The molecule has 0 fully saturated rings. The Morgan fingerprint density at radius 3 is 2.65 bits per heavy atom. The zero-order valence-electron chi connectivity index (χ0n) is 19.5. The maximum absolute atomic E-state index is 12.4. The van der Waals surface area contributed by atoms with Crippen LogP contribution in [0.25, 0.3) is 17.3 Å². The fourth-order valence-electron chi connectivity index (χ4n) is 3.42. The van der Waals surface area contributed by atoms with Crippen LogP contribution in [0.2, 0.25) is 0 Å². The van der Waals surface area contributed by atoms with Gasteiger partial charge in [-0.3, -0.25) is 10.1 Å². The molecule has 0 spiro atoms. The summed E-state index contributed by atoms with van der Waals surface area (Å²) in [6.45, 7) is 6.34. The largest absolute Gasteiger partial charge is 0.497 e. The maximum Gasteiger partial charge on any atom is 0.349 e. The van der Waals surface area contributed by atoms with Gasteiger partial charge in [0.25, 0.3) is 5.91 Å². The number of carbonyl (C=O) groups is 2. The number of thiazole rings is 1. The van der Waals surface area contributed by atoms with E-state index in [-0.39, 0.29) is 5.57 Å². The van der Waals surface area contributed by atoms with Crippen LogP contribution in [0.15, 0.2) is 41.3 Å². The summed E-state index contributed by atoms with van der Waals surface area (Å²) in [7, 11) is 1.60. The van der Waals surface area contributed by atoms with E-state index in [1.807, 2.05) is 55.6 Å². The van der Waals surface area contributed by atoms with Crippen LogP contribution in [-0.2, 0) is 20.9 Å². The van der Waals surface area contributed by atoms with Crippen LogP contribution >= 0.6 is 11.3 Å². The van der Waals surface area contributed by atoms with Crippen molar-refractivity contribution in [1.29, 1.82) is 5.26 Å². The molecule has 2 aromatic heterocycles. The van der Waals surface area contributed by atoms with Gasteiger partial charge in [-0.05, 0) is 62.2 Å². The molecule has 0 saturated heterocycles. The van der Waals surface area contributed by atoms with Crippen molar-refractivity contribution in [3.8, 4) is 23.1 Å². The van der Waals surface area contributed by atoms with Gasteiger partial charge in [0.05, 0.1) is 12.8 Å². The molecule has 34 heavy (non-hydrogen) atoms. The molecule has 0 atom stereocenters. The van der Waals surface area contributed by atoms with E-state index in [2.05, 4.69) is 21.8 Å². The average molecular weight is 479 g/mol. The Hall–Kier alpha value is -3.90. The Bertz CT molecular complexity index is 1250. The normalized spacial score (nSPS) is 11.1. The van der Waals surface area contributed by atoms with E-state index in [0.717, 1.165) is 41.2 Å². The molecule has 1 amide bonds. The lowest BCUT2D eigenvalue weighted by molar-refractivity contribution is -0.142. The van der Waals surface area contributed by atoms with Gasteiger partial charge in [0.2, 0.25) is 0 Å². The summed E-state index contributed by atoms with van der Waals surface area (Å²) in [4.78, 5) is 29.0. The molecule has 8 nitrogen and oxygen atoms in total. The second-order valence-corrected chi connectivity index (χ2v) is 8.40. The van der Waals surface area contributed by atoms with Crippen LogP contribution in [0.3, 0.4) is 0 Å². The van der Waals surface area contributed by atoms with Crippen molar-refractivity contribution in [3.63, 3.8) is 0 Å². The minimum Gasteiger partial charge on any atom is -0.497 e. The predicted octanol–water partition coefficient (Wildman–Crippen LogP) is 4.74. The van der Waals surface area contributed by atoms with Crippen LogP contribution in [-0.4, -0.2) is 35.1 Å². The lowest BCUT2D eigenvalue weighted by atomic mass is 10.1. The van der Waals surface area contributed by atoms with Crippen molar-refractivity contribution in [2.45, 2.75) is 33.7 Å². The molecule has 0 aliphatic heterocycles. The Kier molecular flexibility index (Phi) is 8.22. The van der Waals surface area contributed by atoms with Gasteiger partial charge >= 0.3 is 5.97 Å². The first-order valence-corrected chi connectivity index (χ1v) is 11.6. The van der Waals surface area contributed by atoms with Crippen LogP contribution in [0.1, 0.15) is 30.3 Å². The standard InChI is InChI=1S/C25H26N4O4S/c1-5-10-29-16(2)11-19(17(29)3)12-20(13-26)24(31)33-14-23(30)28-25-27-22(15-34-25)18-6-8-21(32-4)9-7-18/h6-9,11-12,15H,5,10,14H2,1-4H3,(H,27,28,30)/b20-12+. The number of nitrogens with one attached hydrogen (secondary N) is 1. The lowest BCUT2D eigenvalue weighted by Crippen LogP contribution is -2.21. The van der Waals surface area contributed by atoms with Crippen LogP contribution < -0.4 is 10.1 Å². The SMILES string of the molecule is CCCn1c(C)cc(/C=C(\C#N)C(=O)OCC(=O)Nc2nc(-c3ccc(OC)cc3)cs2)c1C. The third-order valence-electron chi connectivity index (χ3n) is 5.17. The molecule has 9 heteroatoms. The number of aromatic nitrogens is 2. The first-order chi connectivity index (χ1) is 16.4. The number of nitrogens with zero attached hydrogens (tertiary/aromatic N) is 3. The molecule has 0 unspecified atom stereocenters. The fraction of sp³-hybridized carbons (Fsp3) is 0.280. The lowest BCUT2D eigenvalue weighted by Gasteiger charge is -2.07. The summed E-state index contributed by atoms with van der Waals surface area (Å²) in [6.07, 6.45) is 2.47. The highest BCUT2D eigenvalue weighted by atomic mass is 32.1. The van der Waals surface area contributed by atoms with E-state index in [0.29, 0.717) is 10.8 Å². The maximum atomic E-state index is 12.4. The Morgan fingerprint density at radius 2 is 2.00 bits per heavy atom. The van der Waals surface area contributed by atoms with Gasteiger partial charge in [-0.15, -0.1) is 11.3 Å². The number of rotatable bonds is 9. The van der Waals surface area contributed by atoms with Crippen molar-refractivity contribution >= 4 is 34.4 Å². The first kappa shape index (κ1) is 24.7. The number of anilines is 1. The van der Waals surface area contributed by atoms with E-state index >= 15 is 0 Å². The molecule has 1 N–H and O–H groups in total. The Labute approximate surface area is 202 Å². The van der Waals surface area contributed by atoms with Gasteiger partial charge < -0.3 is 14.0 Å². The number of aryl methyl sites for hydroxylation is 1. The predicted molar refractivity (Wildman–Crippen MR) is 131 cm³/mol. The van der Waals surface area contributed by atoms with Crippen molar-refractivity contribution < 1.29 is 19.1 Å². The summed E-state index contributed by atoms with van der Waals surface area (Å²) in [5.74, 6) is -0.651. The highest BCUT2D eigenvalue weighted by molar-refractivity contribution is 7.14. The van der Waals surface area contributed by atoms with E-state index in [1.165, 1.54) is 17.4 Å². The molecule has 2 heterocycles. The number of benzene rings is 1. The summed E-state index contributed by atoms with van der Waals surface area (Å²) in [5.41, 5.74) is 4.21. The minimum absolute atomic E-state index is 0.166. The molecule has 0 saturated carbocycles. The molecule has 0 bridgehead atoms. The summed E-state index contributed by atoms with van der Waals surface area (Å²) < 4.78 is 12.3.